The van der Waals surface area contributed by atoms with Crippen LogP contribution in [0.1, 0.15) is 31.9 Å². The van der Waals surface area contributed by atoms with Gasteiger partial charge in [0.2, 0.25) is 0 Å². The second kappa shape index (κ2) is 5.97. The summed E-state index contributed by atoms with van der Waals surface area (Å²) in [5.41, 5.74) is 1.12. The van der Waals surface area contributed by atoms with E-state index in [0.717, 1.165) is 18.5 Å². The van der Waals surface area contributed by atoms with Crippen LogP contribution in [0.25, 0.3) is 0 Å². The van der Waals surface area contributed by atoms with Crippen LogP contribution in [-0.4, -0.2) is 30.5 Å². The topological polar surface area (TPSA) is 43.4 Å². The molecule has 0 amide bonds. The van der Waals surface area contributed by atoms with Crippen LogP contribution in [0.15, 0.2) is 18.3 Å². The smallest absolute Gasteiger partial charge is 0.166 e. The third kappa shape index (κ3) is 3.65. The zero-order valence-corrected chi connectivity index (χ0v) is 11.5. The molecule has 18 heavy (non-hydrogen) atoms. The molecule has 1 aromatic heterocycles. The van der Waals surface area contributed by atoms with E-state index in [1.54, 1.807) is 12.3 Å². The standard InChI is InChI=1S/C13H19ClN2O2/c1-10(11-3-4-12(14)16-9-11)15-6-5-13(2)17-7-8-18-13/h3-4,9-10,15H,5-8H2,1-2H3. The van der Waals surface area contributed by atoms with E-state index >= 15 is 0 Å². The van der Waals surface area contributed by atoms with E-state index in [4.69, 9.17) is 21.1 Å². The Bertz CT molecular complexity index is 377. The lowest BCUT2D eigenvalue weighted by molar-refractivity contribution is -0.145. The predicted octanol–water partition coefficient (Wildman–Crippen LogP) is 2.54. The molecule has 1 aromatic rings. The summed E-state index contributed by atoms with van der Waals surface area (Å²) >= 11 is 5.76. The Kier molecular flexibility index (Phi) is 4.56. The Labute approximate surface area is 113 Å². The Morgan fingerprint density at radius 1 is 1.44 bits per heavy atom. The zero-order valence-electron chi connectivity index (χ0n) is 10.8. The van der Waals surface area contributed by atoms with Crippen LogP contribution in [0.5, 0.6) is 0 Å². The first-order valence-electron chi connectivity index (χ1n) is 6.22. The number of rotatable bonds is 5. The van der Waals surface area contributed by atoms with Crippen LogP contribution in [0, 0.1) is 0 Å². The van der Waals surface area contributed by atoms with Crippen molar-refractivity contribution in [2.45, 2.75) is 32.1 Å². The fraction of sp³-hybridized carbons (Fsp3) is 0.615. The first-order valence-corrected chi connectivity index (χ1v) is 6.60. The molecule has 1 aliphatic heterocycles. The molecule has 4 nitrogen and oxygen atoms in total. The molecule has 0 aliphatic carbocycles. The first-order chi connectivity index (χ1) is 8.59. The van der Waals surface area contributed by atoms with E-state index < -0.39 is 5.79 Å². The third-order valence-corrected chi connectivity index (χ3v) is 3.40. The van der Waals surface area contributed by atoms with E-state index in [1.807, 2.05) is 13.0 Å². The molecule has 0 spiro atoms. The van der Waals surface area contributed by atoms with Gasteiger partial charge in [-0.25, -0.2) is 4.98 Å². The largest absolute Gasteiger partial charge is 0.348 e. The van der Waals surface area contributed by atoms with E-state index in [0.29, 0.717) is 18.4 Å². The quantitative estimate of drug-likeness (QED) is 0.835. The van der Waals surface area contributed by atoms with Crippen LogP contribution in [0.2, 0.25) is 5.15 Å². The minimum absolute atomic E-state index is 0.236. The maximum absolute atomic E-state index is 5.76. The van der Waals surface area contributed by atoms with Gasteiger partial charge < -0.3 is 14.8 Å². The Morgan fingerprint density at radius 3 is 2.78 bits per heavy atom. The molecular formula is C13H19ClN2O2. The van der Waals surface area contributed by atoms with Crippen LogP contribution in [-0.2, 0) is 9.47 Å². The lowest BCUT2D eigenvalue weighted by Crippen LogP contribution is -2.32. The number of nitrogens with zero attached hydrogens (tertiary/aromatic N) is 1. The van der Waals surface area contributed by atoms with Crippen molar-refractivity contribution in [1.29, 1.82) is 0 Å². The normalized spacial score (nSPS) is 19.9. The zero-order chi connectivity index (χ0) is 13.0. The van der Waals surface area contributed by atoms with Crippen molar-refractivity contribution in [1.82, 2.24) is 10.3 Å². The Balaban J connectivity index is 1.77. The van der Waals surface area contributed by atoms with Gasteiger partial charge in [0.25, 0.3) is 0 Å². The van der Waals surface area contributed by atoms with Gasteiger partial charge in [-0.2, -0.15) is 0 Å². The molecule has 1 aliphatic rings. The average molecular weight is 271 g/mol. The molecule has 0 aromatic carbocycles. The van der Waals surface area contributed by atoms with E-state index in [1.165, 1.54) is 0 Å². The van der Waals surface area contributed by atoms with Crippen molar-refractivity contribution in [3.63, 3.8) is 0 Å². The number of ether oxygens (including phenoxy) is 2. The summed E-state index contributed by atoms with van der Waals surface area (Å²) < 4.78 is 11.1. The molecule has 1 saturated heterocycles. The highest BCUT2D eigenvalue weighted by Gasteiger charge is 2.30. The monoisotopic (exact) mass is 270 g/mol. The van der Waals surface area contributed by atoms with Crippen molar-refractivity contribution in [3.8, 4) is 0 Å². The van der Waals surface area contributed by atoms with Gasteiger partial charge in [-0.3, -0.25) is 0 Å². The molecule has 0 radical (unpaired) electrons. The van der Waals surface area contributed by atoms with Gasteiger partial charge in [0.05, 0.1) is 13.2 Å². The van der Waals surface area contributed by atoms with E-state index in [2.05, 4.69) is 17.2 Å². The van der Waals surface area contributed by atoms with Crippen LogP contribution in [0.3, 0.4) is 0 Å². The molecule has 2 heterocycles. The van der Waals surface area contributed by atoms with E-state index in [9.17, 15) is 0 Å². The predicted molar refractivity (Wildman–Crippen MR) is 70.6 cm³/mol. The molecule has 0 saturated carbocycles. The molecule has 2 rings (SSSR count). The summed E-state index contributed by atoms with van der Waals surface area (Å²) in [6.07, 6.45) is 2.63. The number of aromatic nitrogens is 1. The number of hydrogen-bond donors (Lipinski definition) is 1. The fourth-order valence-corrected chi connectivity index (χ4v) is 2.09. The molecule has 100 valence electrons. The molecule has 5 heteroatoms. The second-order valence-corrected chi connectivity index (χ2v) is 5.06. The van der Waals surface area contributed by atoms with Crippen molar-refractivity contribution in [2.75, 3.05) is 19.8 Å². The molecule has 1 unspecified atom stereocenters. The lowest BCUT2D eigenvalue weighted by Gasteiger charge is -2.23. The summed E-state index contributed by atoms with van der Waals surface area (Å²) in [7, 11) is 0. The Hall–Kier alpha value is -0.680. The Morgan fingerprint density at radius 2 is 2.17 bits per heavy atom. The van der Waals surface area contributed by atoms with Crippen molar-refractivity contribution in [3.05, 3.63) is 29.0 Å². The highest BCUT2D eigenvalue weighted by Crippen LogP contribution is 2.22. The first kappa shape index (κ1) is 13.7. The summed E-state index contributed by atoms with van der Waals surface area (Å²) in [5.74, 6) is -0.426. The highest BCUT2D eigenvalue weighted by molar-refractivity contribution is 6.29. The van der Waals surface area contributed by atoms with Gasteiger partial charge in [-0.05, 0) is 25.5 Å². The molecule has 1 fully saturated rings. The highest BCUT2D eigenvalue weighted by atomic mass is 35.5. The van der Waals surface area contributed by atoms with Crippen molar-refractivity contribution < 1.29 is 9.47 Å². The van der Waals surface area contributed by atoms with Crippen LogP contribution < -0.4 is 5.32 Å². The van der Waals surface area contributed by atoms with Crippen molar-refractivity contribution >= 4 is 11.6 Å². The number of hydrogen-bond acceptors (Lipinski definition) is 4. The second-order valence-electron chi connectivity index (χ2n) is 4.67. The number of halogens is 1. The summed E-state index contributed by atoms with van der Waals surface area (Å²) in [6.45, 7) is 6.29. The summed E-state index contributed by atoms with van der Waals surface area (Å²) in [5, 5.41) is 3.95. The van der Waals surface area contributed by atoms with Crippen LogP contribution in [0.4, 0.5) is 0 Å². The number of nitrogens with one attached hydrogen (secondary N) is 1. The summed E-state index contributed by atoms with van der Waals surface area (Å²) in [6, 6.07) is 4.02. The van der Waals surface area contributed by atoms with Crippen LogP contribution >= 0.6 is 11.6 Å². The minimum atomic E-state index is -0.426. The SMILES string of the molecule is CC(NCCC1(C)OCCO1)c1ccc(Cl)nc1. The van der Waals surface area contributed by atoms with Gasteiger partial charge in [-0.15, -0.1) is 0 Å². The van der Waals surface area contributed by atoms with Gasteiger partial charge in [0.1, 0.15) is 5.15 Å². The van der Waals surface area contributed by atoms with Gasteiger partial charge in [0, 0.05) is 25.2 Å². The maximum atomic E-state index is 5.76. The molecule has 1 atom stereocenters. The van der Waals surface area contributed by atoms with Crippen molar-refractivity contribution in [2.24, 2.45) is 0 Å². The molecule has 0 bridgehead atoms. The van der Waals surface area contributed by atoms with E-state index in [-0.39, 0.29) is 6.04 Å². The van der Waals surface area contributed by atoms with Gasteiger partial charge in [0.15, 0.2) is 5.79 Å². The van der Waals surface area contributed by atoms with Gasteiger partial charge in [-0.1, -0.05) is 17.7 Å². The maximum Gasteiger partial charge on any atom is 0.166 e. The third-order valence-electron chi connectivity index (χ3n) is 3.18. The number of pyridine rings is 1. The molecular weight excluding hydrogens is 252 g/mol. The fourth-order valence-electron chi connectivity index (χ4n) is 1.98. The minimum Gasteiger partial charge on any atom is -0.348 e. The lowest BCUT2D eigenvalue weighted by atomic mass is 10.1. The van der Waals surface area contributed by atoms with Gasteiger partial charge >= 0.3 is 0 Å². The molecule has 1 N–H and O–H groups in total. The average Bonchev–Trinajstić information content (AvgIpc) is 2.77. The summed E-state index contributed by atoms with van der Waals surface area (Å²) in [4.78, 5) is 4.08.